The number of aromatic hydroxyl groups is 1. The van der Waals surface area contributed by atoms with Gasteiger partial charge >= 0.3 is 0 Å². The molecule has 0 bridgehead atoms. The van der Waals surface area contributed by atoms with Crippen LogP contribution in [0.5, 0.6) is 5.75 Å². The van der Waals surface area contributed by atoms with Crippen LogP contribution in [-0.4, -0.2) is 53.6 Å². The van der Waals surface area contributed by atoms with Gasteiger partial charge in [-0.15, -0.1) is 11.8 Å². The Morgan fingerprint density at radius 2 is 1.67 bits per heavy atom. The van der Waals surface area contributed by atoms with E-state index in [1.165, 1.54) is 43.8 Å². The molecule has 5 nitrogen and oxygen atoms in total. The largest absolute Gasteiger partial charge is 0.507 e. The Balaban J connectivity index is 1.66. The highest BCUT2D eigenvalue weighted by molar-refractivity contribution is 7.99. The average Bonchev–Trinajstić information content (AvgIpc) is 3.09. The maximum Gasteiger partial charge on any atom is 0.198 e. The minimum Gasteiger partial charge on any atom is -0.507 e. The lowest BCUT2D eigenvalue weighted by molar-refractivity contribution is -0.895. The molecule has 0 amide bonds. The Bertz CT molecular complexity index is 949. The number of hydrogen-bond acceptors (Lipinski definition) is 5. The summed E-state index contributed by atoms with van der Waals surface area (Å²) < 4.78 is 1.05. The smallest absolute Gasteiger partial charge is 0.198 e. The highest BCUT2D eigenvalue weighted by Gasteiger charge is 2.35. The van der Waals surface area contributed by atoms with Crippen LogP contribution in [0.15, 0.2) is 35.2 Å². The molecule has 4 rings (SSSR count). The van der Waals surface area contributed by atoms with Crippen molar-refractivity contribution in [3.8, 4) is 5.75 Å². The van der Waals surface area contributed by atoms with Crippen LogP contribution >= 0.6 is 11.8 Å². The van der Waals surface area contributed by atoms with Gasteiger partial charge in [0.15, 0.2) is 11.6 Å². The predicted octanol–water partition coefficient (Wildman–Crippen LogP) is 3.08. The second-order valence-electron chi connectivity index (χ2n) is 7.61. The third-order valence-electron chi connectivity index (χ3n) is 5.71. The number of phenols is 1. The summed E-state index contributed by atoms with van der Waals surface area (Å²) in [7, 11) is 2.26. The fourth-order valence-electron chi connectivity index (χ4n) is 4.09. The van der Waals surface area contributed by atoms with Crippen LogP contribution in [0.1, 0.15) is 44.7 Å². The number of anilines is 1. The summed E-state index contributed by atoms with van der Waals surface area (Å²) in [6.07, 6.45) is 2.53. The minimum atomic E-state index is -0.351. The van der Waals surface area contributed by atoms with Crippen LogP contribution in [0.25, 0.3) is 0 Å². The van der Waals surface area contributed by atoms with E-state index in [9.17, 15) is 14.7 Å². The van der Waals surface area contributed by atoms with Crippen molar-refractivity contribution in [2.75, 3.05) is 38.2 Å². The number of ketones is 2. The SMILES string of the molecule is C[N+]1(CCSc2cc(O)c3c(c2N)C(=O)c2ccccc2C3=O)CCCC1. The molecule has 2 aromatic rings. The molecule has 0 aromatic heterocycles. The van der Waals surface area contributed by atoms with Crippen LogP contribution in [0.4, 0.5) is 5.69 Å². The minimum absolute atomic E-state index is 0.0269. The molecule has 1 aliphatic carbocycles. The lowest BCUT2D eigenvalue weighted by atomic mass is 9.83. The van der Waals surface area contributed by atoms with Gasteiger partial charge in [-0.25, -0.2) is 0 Å². The molecule has 0 atom stereocenters. The molecular formula is C21H23N2O3S+. The molecule has 27 heavy (non-hydrogen) atoms. The number of rotatable bonds is 4. The Morgan fingerprint density at radius 3 is 2.30 bits per heavy atom. The van der Waals surface area contributed by atoms with Crippen molar-refractivity contribution in [2.24, 2.45) is 0 Å². The molecule has 0 unspecified atom stereocenters. The van der Waals surface area contributed by atoms with Gasteiger partial charge in [-0.1, -0.05) is 24.3 Å². The highest BCUT2D eigenvalue weighted by Crippen LogP contribution is 2.41. The summed E-state index contributed by atoms with van der Waals surface area (Å²) in [5, 5.41) is 10.5. The van der Waals surface area contributed by atoms with E-state index in [0.29, 0.717) is 21.7 Å². The molecule has 1 heterocycles. The number of nitrogens with zero attached hydrogens (tertiary/aromatic N) is 1. The lowest BCUT2D eigenvalue weighted by Crippen LogP contribution is -2.42. The van der Waals surface area contributed by atoms with E-state index in [4.69, 9.17) is 5.73 Å². The van der Waals surface area contributed by atoms with E-state index in [-0.39, 0.29) is 28.4 Å². The fourth-order valence-corrected chi connectivity index (χ4v) is 5.30. The Hall–Kier alpha value is -2.31. The maximum atomic E-state index is 13.0. The van der Waals surface area contributed by atoms with E-state index >= 15 is 0 Å². The Labute approximate surface area is 162 Å². The predicted molar refractivity (Wildman–Crippen MR) is 107 cm³/mol. The van der Waals surface area contributed by atoms with Gasteiger partial charge in [-0.3, -0.25) is 9.59 Å². The number of carbonyl (C=O) groups excluding carboxylic acids is 2. The topological polar surface area (TPSA) is 80.4 Å². The molecule has 2 aromatic carbocycles. The van der Waals surface area contributed by atoms with Gasteiger partial charge in [0.25, 0.3) is 0 Å². The molecule has 6 heteroatoms. The molecule has 1 fully saturated rings. The maximum absolute atomic E-state index is 13.0. The van der Waals surface area contributed by atoms with Crippen molar-refractivity contribution < 1.29 is 19.2 Å². The fraction of sp³-hybridized carbons (Fsp3) is 0.333. The summed E-state index contributed by atoms with van der Waals surface area (Å²) in [5.74, 6) is 0.0265. The molecule has 3 N–H and O–H groups in total. The third kappa shape index (κ3) is 3.03. The van der Waals surface area contributed by atoms with Crippen LogP contribution in [0.3, 0.4) is 0 Å². The van der Waals surface area contributed by atoms with Crippen molar-refractivity contribution in [3.63, 3.8) is 0 Å². The molecule has 1 saturated heterocycles. The molecule has 140 valence electrons. The standard InChI is InChI=1S/C21H22N2O3S/c1-23(8-4-5-9-23)10-11-27-16-12-15(24)17-18(19(16)22)21(26)14-7-3-2-6-13(14)20(17)25/h2-3,6-7,12H,4-5,8-11H2,1H3,(H2-,22,24,25,26)/p+1. The highest BCUT2D eigenvalue weighted by atomic mass is 32.2. The molecule has 0 radical (unpaired) electrons. The number of hydrogen-bond donors (Lipinski definition) is 2. The third-order valence-corrected chi connectivity index (χ3v) is 6.75. The number of likely N-dealkylation sites (tertiary alicyclic amines) is 1. The van der Waals surface area contributed by atoms with E-state index in [1.807, 2.05) is 0 Å². The van der Waals surface area contributed by atoms with E-state index in [2.05, 4.69) is 7.05 Å². The molecule has 0 spiro atoms. The van der Waals surface area contributed by atoms with Gasteiger partial charge in [0, 0.05) is 34.6 Å². The van der Waals surface area contributed by atoms with Crippen molar-refractivity contribution in [3.05, 3.63) is 52.6 Å². The van der Waals surface area contributed by atoms with Crippen LogP contribution in [-0.2, 0) is 0 Å². The Kier molecular flexibility index (Phi) is 4.48. The molecule has 1 aliphatic heterocycles. The first-order valence-electron chi connectivity index (χ1n) is 9.21. The summed E-state index contributed by atoms with van der Waals surface area (Å²) >= 11 is 1.54. The van der Waals surface area contributed by atoms with Gasteiger partial charge in [-0.05, 0) is 6.07 Å². The average molecular weight is 383 g/mol. The van der Waals surface area contributed by atoms with Crippen molar-refractivity contribution in [1.29, 1.82) is 0 Å². The van der Waals surface area contributed by atoms with Gasteiger partial charge in [-0.2, -0.15) is 0 Å². The zero-order chi connectivity index (χ0) is 19.2. The number of nitrogen functional groups attached to an aromatic ring is 1. The van der Waals surface area contributed by atoms with Gasteiger partial charge < -0.3 is 15.3 Å². The van der Waals surface area contributed by atoms with E-state index in [1.54, 1.807) is 24.3 Å². The summed E-state index contributed by atoms with van der Waals surface area (Å²) in [4.78, 5) is 26.4. The monoisotopic (exact) mass is 383 g/mol. The van der Waals surface area contributed by atoms with Crippen molar-refractivity contribution in [1.82, 2.24) is 0 Å². The normalized spacial score (nSPS) is 17.7. The van der Waals surface area contributed by atoms with Crippen molar-refractivity contribution in [2.45, 2.75) is 17.7 Å². The zero-order valence-corrected chi connectivity index (χ0v) is 16.1. The van der Waals surface area contributed by atoms with Gasteiger partial charge in [0.05, 0.1) is 43.5 Å². The quantitative estimate of drug-likeness (QED) is 0.313. The first-order chi connectivity index (χ1) is 12.9. The van der Waals surface area contributed by atoms with Gasteiger partial charge in [0.1, 0.15) is 5.75 Å². The second kappa shape index (κ2) is 6.69. The zero-order valence-electron chi connectivity index (χ0n) is 15.3. The second-order valence-corrected chi connectivity index (χ2v) is 8.74. The Morgan fingerprint density at radius 1 is 1.07 bits per heavy atom. The molecule has 2 aliphatic rings. The number of nitrogens with two attached hydrogens (primary N) is 1. The number of carbonyl (C=O) groups is 2. The first-order valence-corrected chi connectivity index (χ1v) is 10.2. The number of phenolic OH excluding ortho intramolecular Hbond substituents is 1. The van der Waals surface area contributed by atoms with E-state index < -0.39 is 0 Å². The number of thioether (sulfide) groups is 1. The molecule has 0 saturated carbocycles. The number of benzene rings is 2. The number of quaternary nitrogens is 1. The first kappa shape index (κ1) is 18.1. The van der Waals surface area contributed by atoms with E-state index in [0.717, 1.165) is 16.8 Å². The summed E-state index contributed by atoms with van der Waals surface area (Å²) in [6.45, 7) is 3.39. The summed E-state index contributed by atoms with van der Waals surface area (Å²) in [5.41, 5.74) is 7.43. The van der Waals surface area contributed by atoms with Crippen LogP contribution in [0.2, 0.25) is 0 Å². The molecular weight excluding hydrogens is 360 g/mol. The summed E-state index contributed by atoms with van der Waals surface area (Å²) in [6, 6.07) is 8.21. The van der Waals surface area contributed by atoms with Gasteiger partial charge in [0.2, 0.25) is 0 Å². The number of fused-ring (bicyclic) bond motifs is 2. The van der Waals surface area contributed by atoms with Crippen molar-refractivity contribution >= 4 is 29.0 Å². The lowest BCUT2D eigenvalue weighted by Gasteiger charge is -2.29. The van der Waals surface area contributed by atoms with Crippen LogP contribution in [0, 0.1) is 0 Å². The van der Waals surface area contributed by atoms with Crippen LogP contribution < -0.4 is 5.73 Å².